The van der Waals surface area contributed by atoms with E-state index in [1.54, 1.807) is 0 Å². The van der Waals surface area contributed by atoms with Crippen molar-refractivity contribution in [3.63, 3.8) is 0 Å². The summed E-state index contributed by atoms with van der Waals surface area (Å²) in [7, 11) is 2.08. The number of amides is 1. The average molecular weight is 285 g/mol. The molecule has 0 unspecified atom stereocenters. The van der Waals surface area contributed by atoms with Gasteiger partial charge in [0.25, 0.3) is 5.91 Å². The third-order valence-electron chi connectivity index (χ3n) is 2.88. The van der Waals surface area contributed by atoms with Gasteiger partial charge < -0.3 is 9.80 Å². The summed E-state index contributed by atoms with van der Waals surface area (Å²) in [6.45, 7) is 3.57. The van der Waals surface area contributed by atoms with Gasteiger partial charge in [-0.2, -0.15) is 0 Å². The maximum Gasteiger partial charge on any atom is 0.253 e. The quantitative estimate of drug-likeness (QED) is 0.786. The van der Waals surface area contributed by atoms with Crippen LogP contribution in [-0.4, -0.2) is 48.9 Å². The fourth-order valence-corrected chi connectivity index (χ4v) is 2.05. The van der Waals surface area contributed by atoms with Gasteiger partial charge in [0, 0.05) is 36.2 Å². The van der Waals surface area contributed by atoms with Crippen molar-refractivity contribution >= 4 is 21.8 Å². The zero-order chi connectivity index (χ0) is 11.5. The van der Waals surface area contributed by atoms with E-state index in [1.807, 2.05) is 29.2 Å². The average Bonchev–Trinajstić information content (AvgIpc) is 2.30. The normalized spacial score (nSPS) is 17.5. The lowest BCUT2D eigenvalue weighted by atomic mass is 10.3. The Labute approximate surface area is 104 Å². The number of likely N-dealkylation sites (N-methyl/N-ethyl adjacent to an activating group) is 1. The summed E-state index contributed by atoms with van der Waals surface area (Å²) < 4.78 is 1.00. The van der Waals surface area contributed by atoms with Crippen LogP contribution in [0.4, 0.5) is 0 Å². The van der Waals surface area contributed by atoms with E-state index in [1.165, 1.54) is 0 Å². The van der Waals surface area contributed by atoms with Crippen LogP contribution in [0.1, 0.15) is 10.4 Å². The minimum absolute atomic E-state index is 0.139. The van der Waals surface area contributed by atoms with E-state index >= 15 is 0 Å². The number of carbonyl (C=O) groups excluding carboxylic acids is 1. The molecule has 0 saturated carbocycles. The summed E-state index contributed by atoms with van der Waals surface area (Å²) in [4.78, 5) is 16.3. The van der Waals surface area contributed by atoms with Crippen molar-refractivity contribution in [2.75, 3.05) is 33.2 Å². The van der Waals surface area contributed by atoms with Crippen molar-refractivity contribution in [2.24, 2.45) is 0 Å². The molecule has 1 aliphatic rings. The SMILES string of the molecule is CN1CCN([14C](=O)c2ccc(Br)cc2)CC1. The van der Waals surface area contributed by atoms with Gasteiger partial charge in [0.15, 0.2) is 0 Å². The Hall–Kier alpha value is -0.870. The third-order valence-corrected chi connectivity index (χ3v) is 3.41. The molecule has 0 aromatic heterocycles. The molecule has 4 heteroatoms. The van der Waals surface area contributed by atoms with Gasteiger partial charge in [-0.05, 0) is 31.3 Å². The smallest absolute Gasteiger partial charge is 0.253 e. The monoisotopic (exact) mass is 284 g/mol. The standard InChI is InChI=1S/C12H15BrN2O/c1-14-6-8-15(9-7-14)12(16)10-2-4-11(13)5-3-10/h2-5H,6-9H2,1H3/i12+2. The highest BCUT2D eigenvalue weighted by atomic mass is 79.9. The zero-order valence-electron chi connectivity index (χ0n) is 9.32. The van der Waals surface area contributed by atoms with Crippen LogP contribution in [0.25, 0.3) is 0 Å². The van der Waals surface area contributed by atoms with Crippen LogP contribution in [0.5, 0.6) is 0 Å². The van der Waals surface area contributed by atoms with Crippen LogP contribution in [0.2, 0.25) is 0 Å². The minimum Gasteiger partial charge on any atom is -0.336 e. The van der Waals surface area contributed by atoms with Crippen molar-refractivity contribution in [1.82, 2.24) is 9.80 Å². The van der Waals surface area contributed by atoms with Gasteiger partial charge in [-0.1, -0.05) is 15.9 Å². The molecule has 0 radical (unpaired) electrons. The van der Waals surface area contributed by atoms with Crippen LogP contribution < -0.4 is 0 Å². The minimum atomic E-state index is 0.139. The molecule has 0 spiro atoms. The Morgan fingerprint density at radius 3 is 2.25 bits per heavy atom. The molecular formula is C12H15BrN2O. The lowest BCUT2D eigenvalue weighted by Crippen LogP contribution is -2.47. The number of hydrogen-bond acceptors (Lipinski definition) is 2. The van der Waals surface area contributed by atoms with Gasteiger partial charge in [-0.25, -0.2) is 0 Å². The lowest BCUT2D eigenvalue weighted by molar-refractivity contribution is 0.0664. The van der Waals surface area contributed by atoms with E-state index in [-0.39, 0.29) is 5.91 Å². The van der Waals surface area contributed by atoms with Crippen molar-refractivity contribution in [2.45, 2.75) is 0 Å². The first-order valence-electron chi connectivity index (χ1n) is 5.40. The molecule has 16 heavy (non-hydrogen) atoms. The van der Waals surface area contributed by atoms with Crippen molar-refractivity contribution < 1.29 is 4.79 Å². The van der Waals surface area contributed by atoms with Crippen LogP contribution in [0.15, 0.2) is 28.7 Å². The molecule has 1 amide bonds. The van der Waals surface area contributed by atoms with E-state index in [9.17, 15) is 4.79 Å². The number of rotatable bonds is 1. The fourth-order valence-electron chi connectivity index (χ4n) is 1.78. The topological polar surface area (TPSA) is 23.6 Å². The molecule has 0 atom stereocenters. The molecule has 2 rings (SSSR count). The Balaban J connectivity index is 2.05. The highest BCUT2D eigenvalue weighted by Crippen LogP contribution is 2.13. The molecule has 3 nitrogen and oxygen atoms in total. The van der Waals surface area contributed by atoms with Gasteiger partial charge in [0.1, 0.15) is 0 Å². The first kappa shape index (κ1) is 11.6. The van der Waals surface area contributed by atoms with Crippen LogP contribution in [0, 0.1) is 0 Å². The molecule has 1 aliphatic heterocycles. The zero-order valence-corrected chi connectivity index (χ0v) is 10.9. The largest absolute Gasteiger partial charge is 0.336 e. The number of benzene rings is 1. The molecule has 0 bridgehead atoms. The molecule has 86 valence electrons. The number of halogens is 1. The van der Waals surface area contributed by atoms with Crippen molar-refractivity contribution in [3.05, 3.63) is 34.3 Å². The van der Waals surface area contributed by atoms with Crippen molar-refractivity contribution in [3.8, 4) is 0 Å². The Morgan fingerprint density at radius 2 is 1.69 bits per heavy atom. The summed E-state index contributed by atoms with van der Waals surface area (Å²) >= 11 is 3.37. The van der Waals surface area contributed by atoms with Gasteiger partial charge in [-0.15, -0.1) is 0 Å². The summed E-state index contributed by atoms with van der Waals surface area (Å²) in [6, 6.07) is 7.54. The molecule has 1 aromatic carbocycles. The lowest BCUT2D eigenvalue weighted by Gasteiger charge is -2.32. The van der Waals surface area contributed by atoms with E-state index in [0.29, 0.717) is 0 Å². The predicted molar refractivity (Wildman–Crippen MR) is 67.5 cm³/mol. The Bertz CT molecular complexity index is 369. The summed E-state index contributed by atoms with van der Waals surface area (Å²) in [6.07, 6.45) is 0. The van der Waals surface area contributed by atoms with E-state index in [2.05, 4.69) is 27.9 Å². The first-order valence-corrected chi connectivity index (χ1v) is 6.19. The molecule has 0 aliphatic carbocycles. The number of carbonyl (C=O) groups is 1. The first-order chi connectivity index (χ1) is 7.66. The van der Waals surface area contributed by atoms with Gasteiger partial charge >= 0.3 is 0 Å². The van der Waals surface area contributed by atoms with E-state index < -0.39 is 0 Å². The molecule has 1 aromatic rings. The molecule has 1 fully saturated rings. The number of piperazine rings is 1. The Morgan fingerprint density at radius 1 is 1.12 bits per heavy atom. The second-order valence-corrected chi connectivity index (χ2v) is 5.02. The maximum atomic E-state index is 12.1. The molecule has 1 heterocycles. The van der Waals surface area contributed by atoms with Gasteiger partial charge in [0.2, 0.25) is 0 Å². The van der Waals surface area contributed by atoms with E-state index in [0.717, 1.165) is 36.2 Å². The summed E-state index contributed by atoms with van der Waals surface area (Å²) in [5.74, 6) is 0.139. The molecule has 1 saturated heterocycles. The maximum absolute atomic E-state index is 12.1. The second kappa shape index (κ2) is 4.97. The third kappa shape index (κ3) is 2.62. The fraction of sp³-hybridized carbons (Fsp3) is 0.417. The predicted octanol–water partition coefficient (Wildman–Crippen LogP) is 1.84. The highest BCUT2D eigenvalue weighted by molar-refractivity contribution is 9.10. The van der Waals surface area contributed by atoms with Crippen LogP contribution in [-0.2, 0) is 0 Å². The van der Waals surface area contributed by atoms with Gasteiger partial charge in [-0.3, -0.25) is 4.79 Å². The number of nitrogens with zero attached hydrogens (tertiary/aromatic N) is 2. The second-order valence-electron chi connectivity index (χ2n) is 4.10. The van der Waals surface area contributed by atoms with Crippen LogP contribution in [0.3, 0.4) is 0 Å². The summed E-state index contributed by atoms with van der Waals surface area (Å²) in [5, 5.41) is 0. The van der Waals surface area contributed by atoms with Crippen molar-refractivity contribution in [1.29, 1.82) is 0 Å². The summed E-state index contributed by atoms with van der Waals surface area (Å²) in [5.41, 5.74) is 0.771. The van der Waals surface area contributed by atoms with Crippen LogP contribution >= 0.6 is 15.9 Å². The Kier molecular flexibility index (Phi) is 3.61. The number of hydrogen-bond donors (Lipinski definition) is 0. The van der Waals surface area contributed by atoms with E-state index in [4.69, 9.17) is 0 Å². The highest BCUT2D eigenvalue weighted by Gasteiger charge is 2.19. The molecular weight excluding hydrogens is 270 g/mol. The van der Waals surface area contributed by atoms with Gasteiger partial charge in [0.05, 0.1) is 0 Å². The molecule has 0 N–H and O–H groups in total.